The van der Waals surface area contributed by atoms with E-state index >= 15 is 0 Å². The highest BCUT2D eigenvalue weighted by Gasteiger charge is 2.32. The van der Waals surface area contributed by atoms with Crippen LogP contribution in [0.15, 0.2) is 21.3 Å². The van der Waals surface area contributed by atoms with Crippen molar-refractivity contribution in [2.45, 2.75) is 91.0 Å². The smallest absolute Gasteiger partial charge is 0.339 e. The average molecular weight is 483 g/mol. The first-order valence-corrected chi connectivity index (χ1v) is 13.7. The quantitative estimate of drug-likeness (QED) is 0.368. The van der Waals surface area contributed by atoms with Crippen LogP contribution in [0.25, 0.3) is 11.0 Å². The van der Waals surface area contributed by atoms with Crippen LogP contribution in [-0.2, 0) is 11.2 Å². The minimum atomic E-state index is -0.256. The number of aryl methyl sites for hydroxylation is 2. The number of piperidine rings is 2. The van der Waals surface area contributed by atoms with Crippen LogP contribution in [0, 0.1) is 19.8 Å². The summed E-state index contributed by atoms with van der Waals surface area (Å²) in [5.74, 6) is 1.02. The van der Waals surface area contributed by atoms with E-state index in [0.717, 1.165) is 47.9 Å². The standard InChI is InChI=1S/C29H42N2O4/c1-4-5-6-7-12-24-20(2)23-14-15-26(21(3)28(23)35-29(24)33)34-19-27(32)30-18-22-11-10-17-31-16-9-8-13-25(22)31/h14-15,22,25H,4-13,16-19H2,1-3H3,(H,30,32)/t22-,25+/m0/s1. The molecule has 6 heteroatoms. The van der Waals surface area contributed by atoms with Crippen molar-refractivity contribution >= 4 is 16.9 Å². The van der Waals surface area contributed by atoms with Crippen molar-refractivity contribution < 1.29 is 13.9 Å². The first-order chi connectivity index (χ1) is 17.0. The summed E-state index contributed by atoms with van der Waals surface area (Å²) in [6.07, 6.45) is 11.5. The van der Waals surface area contributed by atoms with E-state index in [-0.39, 0.29) is 18.1 Å². The van der Waals surface area contributed by atoms with Gasteiger partial charge in [-0.15, -0.1) is 0 Å². The molecule has 0 unspecified atom stereocenters. The third kappa shape index (κ3) is 6.08. The number of hydrogen-bond acceptors (Lipinski definition) is 5. The zero-order chi connectivity index (χ0) is 24.8. The summed E-state index contributed by atoms with van der Waals surface area (Å²) in [5, 5.41) is 4.05. The first kappa shape index (κ1) is 25.7. The Kier molecular flexibility index (Phi) is 8.88. The topological polar surface area (TPSA) is 71.8 Å². The van der Waals surface area contributed by atoms with E-state index in [4.69, 9.17) is 9.15 Å². The molecule has 1 aromatic heterocycles. The highest BCUT2D eigenvalue weighted by atomic mass is 16.5. The van der Waals surface area contributed by atoms with E-state index in [1.54, 1.807) is 0 Å². The van der Waals surface area contributed by atoms with E-state index in [2.05, 4.69) is 17.1 Å². The number of unbranched alkanes of at least 4 members (excludes halogenated alkanes) is 3. The van der Waals surface area contributed by atoms with Crippen LogP contribution in [0.4, 0.5) is 0 Å². The molecular weight excluding hydrogens is 440 g/mol. The summed E-state index contributed by atoms with van der Waals surface area (Å²) < 4.78 is 11.6. The lowest BCUT2D eigenvalue weighted by molar-refractivity contribution is -0.123. The Bertz CT molecular complexity index is 1070. The molecule has 2 aliphatic rings. The Balaban J connectivity index is 1.36. The summed E-state index contributed by atoms with van der Waals surface area (Å²) in [7, 11) is 0. The van der Waals surface area contributed by atoms with E-state index in [1.165, 1.54) is 58.0 Å². The van der Waals surface area contributed by atoms with Crippen LogP contribution in [0.2, 0.25) is 0 Å². The molecule has 0 spiro atoms. The normalized spacial score (nSPS) is 20.5. The number of ether oxygens (including phenoxy) is 1. The molecule has 2 aromatic rings. The molecule has 0 aliphatic carbocycles. The molecule has 3 heterocycles. The van der Waals surface area contributed by atoms with Gasteiger partial charge in [0.1, 0.15) is 11.3 Å². The highest BCUT2D eigenvalue weighted by Crippen LogP contribution is 2.31. The maximum absolute atomic E-state index is 12.7. The van der Waals surface area contributed by atoms with Crippen molar-refractivity contribution in [2.75, 3.05) is 26.2 Å². The number of nitrogens with one attached hydrogen (secondary N) is 1. The molecule has 1 N–H and O–H groups in total. The number of nitrogens with zero attached hydrogens (tertiary/aromatic N) is 1. The fraction of sp³-hybridized carbons (Fsp3) is 0.655. The number of hydrogen-bond donors (Lipinski definition) is 1. The number of benzene rings is 1. The number of carbonyl (C=O) groups excluding carboxylic acids is 1. The third-order valence-corrected chi connectivity index (χ3v) is 8.08. The Hall–Kier alpha value is -2.34. The molecule has 2 saturated heterocycles. The monoisotopic (exact) mass is 482 g/mol. The molecular formula is C29H42N2O4. The summed E-state index contributed by atoms with van der Waals surface area (Å²) >= 11 is 0. The van der Waals surface area contributed by atoms with Crippen LogP contribution in [0.3, 0.4) is 0 Å². The predicted molar refractivity (Wildman–Crippen MR) is 140 cm³/mol. The Morgan fingerprint density at radius 1 is 1.09 bits per heavy atom. The van der Waals surface area contributed by atoms with E-state index in [9.17, 15) is 9.59 Å². The molecule has 192 valence electrons. The van der Waals surface area contributed by atoms with Crippen molar-refractivity contribution in [2.24, 2.45) is 5.92 Å². The van der Waals surface area contributed by atoms with Gasteiger partial charge in [-0.1, -0.05) is 32.6 Å². The molecule has 2 aliphatic heterocycles. The molecule has 6 nitrogen and oxygen atoms in total. The largest absolute Gasteiger partial charge is 0.483 e. The van der Waals surface area contributed by atoms with Crippen molar-refractivity contribution in [3.05, 3.63) is 39.2 Å². The van der Waals surface area contributed by atoms with Gasteiger partial charge in [0.25, 0.3) is 5.91 Å². The zero-order valence-electron chi connectivity index (χ0n) is 21.8. The van der Waals surface area contributed by atoms with Gasteiger partial charge in [-0.25, -0.2) is 4.79 Å². The minimum absolute atomic E-state index is 0.0355. The van der Waals surface area contributed by atoms with Crippen molar-refractivity contribution in [3.63, 3.8) is 0 Å². The van der Waals surface area contributed by atoms with Gasteiger partial charge in [0.15, 0.2) is 6.61 Å². The molecule has 0 saturated carbocycles. The highest BCUT2D eigenvalue weighted by molar-refractivity contribution is 5.86. The fourth-order valence-corrected chi connectivity index (χ4v) is 6.00. The van der Waals surface area contributed by atoms with Gasteiger partial charge in [-0.2, -0.15) is 0 Å². The fourth-order valence-electron chi connectivity index (χ4n) is 6.00. The number of amides is 1. The second-order valence-corrected chi connectivity index (χ2v) is 10.5. The molecule has 0 radical (unpaired) electrons. The van der Waals surface area contributed by atoms with Crippen LogP contribution in [0.1, 0.15) is 81.4 Å². The van der Waals surface area contributed by atoms with Crippen molar-refractivity contribution in [3.8, 4) is 5.75 Å². The predicted octanol–water partition coefficient (Wildman–Crippen LogP) is 5.29. The van der Waals surface area contributed by atoms with E-state index < -0.39 is 0 Å². The molecule has 2 atom stereocenters. The van der Waals surface area contributed by atoms with E-state index in [1.807, 2.05) is 26.0 Å². The second-order valence-electron chi connectivity index (χ2n) is 10.5. The Morgan fingerprint density at radius 2 is 1.91 bits per heavy atom. The van der Waals surface area contributed by atoms with Crippen molar-refractivity contribution in [1.29, 1.82) is 0 Å². The lowest BCUT2D eigenvalue weighted by Gasteiger charge is -2.44. The van der Waals surface area contributed by atoms with Crippen LogP contribution < -0.4 is 15.7 Å². The lowest BCUT2D eigenvalue weighted by Crippen LogP contribution is -2.51. The van der Waals surface area contributed by atoms with Gasteiger partial charge in [0.05, 0.1) is 0 Å². The minimum Gasteiger partial charge on any atom is -0.483 e. The maximum atomic E-state index is 12.7. The molecule has 1 amide bonds. The summed E-state index contributed by atoms with van der Waals surface area (Å²) in [5.41, 5.74) is 2.83. The molecule has 35 heavy (non-hydrogen) atoms. The van der Waals surface area contributed by atoms with Gasteiger partial charge in [0, 0.05) is 29.1 Å². The summed E-state index contributed by atoms with van der Waals surface area (Å²) in [4.78, 5) is 27.9. The van der Waals surface area contributed by atoms with Crippen molar-refractivity contribution in [1.82, 2.24) is 10.2 Å². The molecule has 0 bridgehead atoms. The van der Waals surface area contributed by atoms with E-state index in [0.29, 0.717) is 23.3 Å². The van der Waals surface area contributed by atoms with Crippen LogP contribution in [0.5, 0.6) is 5.75 Å². The molecule has 1 aromatic carbocycles. The van der Waals surface area contributed by atoms with Gasteiger partial charge in [-0.3, -0.25) is 4.79 Å². The maximum Gasteiger partial charge on any atom is 0.339 e. The Labute approximate surface area is 209 Å². The summed E-state index contributed by atoms with van der Waals surface area (Å²) in [6, 6.07) is 4.45. The SMILES string of the molecule is CCCCCCc1c(C)c2ccc(OCC(=O)NC[C@@H]3CCCN4CCCC[C@H]34)c(C)c2oc1=O. The van der Waals surface area contributed by atoms with Gasteiger partial charge >= 0.3 is 5.63 Å². The molecule has 4 rings (SSSR count). The van der Waals surface area contributed by atoms with Crippen LogP contribution >= 0.6 is 0 Å². The third-order valence-electron chi connectivity index (χ3n) is 8.08. The number of fused-ring (bicyclic) bond motifs is 2. The average Bonchev–Trinajstić information content (AvgIpc) is 2.87. The second kappa shape index (κ2) is 12.1. The lowest BCUT2D eigenvalue weighted by atomic mass is 9.83. The van der Waals surface area contributed by atoms with Gasteiger partial charge < -0.3 is 19.4 Å². The van der Waals surface area contributed by atoms with Gasteiger partial charge in [0.2, 0.25) is 0 Å². The van der Waals surface area contributed by atoms with Crippen LogP contribution in [-0.4, -0.2) is 43.1 Å². The Morgan fingerprint density at radius 3 is 2.74 bits per heavy atom. The number of rotatable bonds is 10. The molecule has 2 fully saturated rings. The van der Waals surface area contributed by atoms with Gasteiger partial charge in [-0.05, 0) is 89.1 Å². The first-order valence-electron chi connectivity index (χ1n) is 13.7. The number of carbonyl (C=O) groups is 1. The summed E-state index contributed by atoms with van der Waals surface area (Å²) in [6.45, 7) is 9.16. The zero-order valence-corrected chi connectivity index (χ0v) is 21.8.